The minimum atomic E-state index is 0.500. The molecule has 2 nitrogen and oxygen atoms in total. The molecule has 1 aromatic rings. The number of thiazole rings is 1. The van der Waals surface area contributed by atoms with Crippen molar-refractivity contribution in [2.24, 2.45) is 5.73 Å². The summed E-state index contributed by atoms with van der Waals surface area (Å²) in [6, 6.07) is 0. The number of nitrogens with two attached hydrogens (primary N) is 1. The van der Waals surface area contributed by atoms with Crippen molar-refractivity contribution in [2.75, 3.05) is 0 Å². The second-order valence-corrected chi connectivity index (χ2v) is 2.69. The molecule has 4 heteroatoms. The predicted molar refractivity (Wildman–Crippen MR) is 44.6 cm³/mol. The van der Waals surface area contributed by atoms with Gasteiger partial charge in [0.05, 0.1) is 10.5 Å². The van der Waals surface area contributed by atoms with Gasteiger partial charge in [-0.15, -0.1) is 11.3 Å². The summed E-state index contributed by atoms with van der Waals surface area (Å²) < 4.78 is 0. The van der Waals surface area contributed by atoms with E-state index in [1.807, 2.05) is 5.38 Å². The number of thiocarbonyl (C=S) groups is 1. The van der Waals surface area contributed by atoms with Gasteiger partial charge in [0, 0.05) is 11.6 Å². The first-order valence-electron chi connectivity index (χ1n) is 2.31. The van der Waals surface area contributed by atoms with Gasteiger partial charge in [0.1, 0.15) is 0 Å². The number of aromatic nitrogens is 1. The van der Waals surface area contributed by atoms with E-state index in [9.17, 15) is 0 Å². The fraction of sp³-hybridized carbons (Fsp3) is 0.200. The fourth-order valence-electron chi connectivity index (χ4n) is 0.176. The quantitative estimate of drug-likeness (QED) is 0.584. The molecule has 2 N–H and O–H groups in total. The Balaban J connectivity index is 0.000000148. The average molecular weight is 160 g/mol. The van der Waals surface area contributed by atoms with E-state index >= 15 is 0 Å². The van der Waals surface area contributed by atoms with Crippen molar-refractivity contribution < 1.29 is 0 Å². The Morgan fingerprint density at radius 2 is 2.33 bits per heavy atom. The van der Waals surface area contributed by atoms with Gasteiger partial charge in [-0.05, 0) is 6.92 Å². The molecule has 0 aliphatic heterocycles. The van der Waals surface area contributed by atoms with Gasteiger partial charge < -0.3 is 5.73 Å². The molecule has 9 heavy (non-hydrogen) atoms. The van der Waals surface area contributed by atoms with Crippen LogP contribution in [0.3, 0.4) is 0 Å². The molecule has 1 rings (SSSR count). The van der Waals surface area contributed by atoms with Crippen LogP contribution in [0, 0.1) is 0 Å². The monoisotopic (exact) mass is 160 g/mol. The molecule has 50 valence electrons. The second-order valence-electron chi connectivity index (χ2n) is 1.29. The van der Waals surface area contributed by atoms with E-state index in [2.05, 4.69) is 17.2 Å². The SMILES string of the molecule is CC(N)=S.c1cscn1. The maximum Gasteiger partial charge on any atom is 0.0791 e. The molecule has 0 aliphatic carbocycles. The van der Waals surface area contributed by atoms with Crippen molar-refractivity contribution in [3.05, 3.63) is 17.1 Å². The summed E-state index contributed by atoms with van der Waals surface area (Å²) in [5, 5.41) is 1.93. The van der Waals surface area contributed by atoms with E-state index in [0.29, 0.717) is 4.99 Å². The molecule has 0 aliphatic rings. The molecule has 0 bridgehead atoms. The molecular weight excluding hydrogens is 152 g/mol. The molecule has 0 unspecified atom stereocenters. The Labute approximate surface area is 63.7 Å². The summed E-state index contributed by atoms with van der Waals surface area (Å²) in [6.07, 6.45) is 1.77. The van der Waals surface area contributed by atoms with Crippen LogP contribution in [-0.2, 0) is 0 Å². The minimum Gasteiger partial charge on any atom is -0.394 e. The zero-order chi connectivity index (χ0) is 7.11. The molecule has 0 aromatic carbocycles. The van der Waals surface area contributed by atoms with E-state index < -0.39 is 0 Å². The normalized spacial score (nSPS) is 7.22. The summed E-state index contributed by atoms with van der Waals surface area (Å²) in [5.41, 5.74) is 6.63. The summed E-state index contributed by atoms with van der Waals surface area (Å²) >= 11 is 5.92. The predicted octanol–water partition coefficient (Wildman–Crippen LogP) is 1.44. The van der Waals surface area contributed by atoms with Crippen molar-refractivity contribution in [2.45, 2.75) is 6.92 Å². The summed E-state index contributed by atoms with van der Waals surface area (Å²) in [4.78, 5) is 4.24. The zero-order valence-electron chi connectivity index (χ0n) is 5.07. The van der Waals surface area contributed by atoms with Crippen LogP contribution in [0.4, 0.5) is 0 Å². The Morgan fingerprint density at radius 3 is 2.44 bits per heavy atom. The molecule has 0 radical (unpaired) electrons. The van der Waals surface area contributed by atoms with E-state index in [0.717, 1.165) is 0 Å². The lowest BCUT2D eigenvalue weighted by atomic mass is 10.8. The minimum absolute atomic E-state index is 0.500. The lowest BCUT2D eigenvalue weighted by Crippen LogP contribution is -1.98. The number of rotatable bonds is 0. The van der Waals surface area contributed by atoms with Crippen molar-refractivity contribution in [3.8, 4) is 0 Å². The number of hydrogen-bond acceptors (Lipinski definition) is 3. The number of hydrogen-bond donors (Lipinski definition) is 1. The Bertz CT molecular complexity index is 127. The van der Waals surface area contributed by atoms with Crippen molar-refractivity contribution >= 4 is 28.5 Å². The maximum atomic E-state index is 4.84. The van der Waals surface area contributed by atoms with Gasteiger partial charge in [0.25, 0.3) is 0 Å². The summed E-state index contributed by atoms with van der Waals surface area (Å²) in [5.74, 6) is 0. The van der Waals surface area contributed by atoms with Crippen molar-refractivity contribution in [3.63, 3.8) is 0 Å². The summed E-state index contributed by atoms with van der Waals surface area (Å²) in [7, 11) is 0. The average Bonchev–Trinajstić information content (AvgIpc) is 2.11. The molecule has 1 aromatic heterocycles. The molecular formula is C5H8N2S2. The van der Waals surface area contributed by atoms with Crippen LogP contribution in [0.15, 0.2) is 17.1 Å². The fourth-order valence-corrected chi connectivity index (χ4v) is 0.527. The van der Waals surface area contributed by atoms with Crippen molar-refractivity contribution in [1.82, 2.24) is 4.98 Å². The van der Waals surface area contributed by atoms with E-state index in [1.54, 1.807) is 30.0 Å². The molecule has 0 atom stereocenters. The Morgan fingerprint density at radius 1 is 1.78 bits per heavy atom. The van der Waals surface area contributed by atoms with Crippen molar-refractivity contribution in [1.29, 1.82) is 0 Å². The van der Waals surface area contributed by atoms with Gasteiger partial charge in [-0.1, -0.05) is 12.2 Å². The molecule has 0 saturated heterocycles. The third-order valence-corrected chi connectivity index (χ3v) is 0.869. The highest BCUT2D eigenvalue weighted by Gasteiger charge is 1.59. The lowest BCUT2D eigenvalue weighted by Gasteiger charge is -1.65. The Hall–Kier alpha value is -0.480. The van der Waals surface area contributed by atoms with Gasteiger partial charge in [0.2, 0.25) is 0 Å². The third-order valence-electron chi connectivity index (χ3n) is 0.347. The molecule has 0 saturated carbocycles. The highest BCUT2D eigenvalue weighted by Crippen LogP contribution is 1.85. The largest absolute Gasteiger partial charge is 0.394 e. The van der Waals surface area contributed by atoms with Gasteiger partial charge in [0.15, 0.2) is 0 Å². The summed E-state index contributed by atoms with van der Waals surface area (Å²) in [6.45, 7) is 1.68. The highest BCUT2D eigenvalue weighted by atomic mass is 32.1. The van der Waals surface area contributed by atoms with E-state index in [1.165, 1.54) is 0 Å². The van der Waals surface area contributed by atoms with Crippen LogP contribution in [0.2, 0.25) is 0 Å². The topological polar surface area (TPSA) is 38.9 Å². The molecule has 0 spiro atoms. The number of nitrogens with zero attached hydrogens (tertiary/aromatic N) is 1. The van der Waals surface area contributed by atoms with Crippen LogP contribution < -0.4 is 5.73 Å². The first kappa shape index (κ1) is 8.52. The smallest absolute Gasteiger partial charge is 0.0791 e. The van der Waals surface area contributed by atoms with Gasteiger partial charge >= 0.3 is 0 Å². The zero-order valence-corrected chi connectivity index (χ0v) is 6.71. The van der Waals surface area contributed by atoms with Crippen LogP contribution in [0.5, 0.6) is 0 Å². The highest BCUT2D eigenvalue weighted by molar-refractivity contribution is 7.80. The van der Waals surface area contributed by atoms with Crippen LogP contribution in [0.1, 0.15) is 6.92 Å². The molecule has 0 fully saturated rings. The first-order valence-corrected chi connectivity index (χ1v) is 3.66. The lowest BCUT2D eigenvalue weighted by molar-refractivity contribution is 1.43. The standard InChI is InChI=1S/C3H3NS.C2H5NS/c1-2-5-3-4-1;1-2(3)4/h1-3H;1H3,(H2,3,4). The second kappa shape index (κ2) is 5.65. The Kier molecular flexibility index (Phi) is 5.35. The van der Waals surface area contributed by atoms with E-state index in [-0.39, 0.29) is 0 Å². The maximum absolute atomic E-state index is 4.84. The van der Waals surface area contributed by atoms with Crippen LogP contribution in [0.25, 0.3) is 0 Å². The molecule has 1 heterocycles. The van der Waals surface area contributed by atoms with Gasteiger partial charge in [-0.2, -0.15) is 0 Å². The van der Waals surface area contributed by atoms with Crippen LogP contribution >= 0.6 is 23.6 Å². The van der Waals surface area contributed by atoms with Crippen LogP contribution in [-0.4, -0.2) is 9.97 Å². The van der Waals surface area contributed by atoms with E-state index in [4.69, 9.17) is 5.73 Å². The molecule has 0 amide bonds. The van der Waals surface area contributed by atoms with Gasteiger partial charge in [-0.25, -0.2) is 0 Å². The first-order chi connectivity index (χ1) is 4.23. The third kappa shape index (κ3) is 11.2. The van der Waals surface area contributed by atoms with Gasteiger partial charge in [-0.3, -0.25) is 4.98 Å².